The van der Waals surface area contributed by atoms with E-state index in [0.29, 0.717) is 0 Å². The highest BCUT2D eigenvalue weighted by molar-refractivity contribution is 5.77. The third-order valence-electron chi connectivity index (χ3n) is 3.13. The van der Waals surface area contributed by atoms with E-state index in [9.17, 15) is 9.18 Å². The molecule has 18 heavy (non-hydrogen) atoms. The van der Waals surface area contributed by atoms with Crippen molar-refractivity contribution in [2.45, 2.75) is 6.04 Å². The zero-order chi connectivity index (χ0) is 13.0. The maximum Gasteiger partial charge on any atom is 0.327 e. The van der Waals surface area contributed by atoms with Crippen molar-refractivity contribution in [3.63, 3.8) is 0 Å². The third-order valence-corrected chi connectivity index (χ3v) is 3.13. The third kappa shape index (κ3) is 2.86. The monoisotopic (exact) mass is 252 g/mol. The van der Waals surface area contributed by atoms with Crippen LogP contribution in [0.25, 0.3) is 0 Å². The van der Waals surface area contributed by atoms with E-state index >= 15 is 0 Å². The fraction of sp³-hybridized carbons (Fsp3) is 0.462. The van der Waals surface area contributed by atoms with Gasteiger partial charge in [-0.15, -0.1) is 0 Å². The molecule has 1 saturated heterocycles. The highest BCUT2D eigenvalue weighted by Crippen LogP contribution is 2.22. The summed E-state index contributed by atoms with van der Waals surface area (Å²) in [7, 11) is 1.38. The van der Waals surface area contributed by atoms with Gasteiger partial charge in [0.25, 0.3) is 0 Å². The number of esters is 1. The minimum atomic E-state index is -0.447. The quantitative estimate of drug-likeness (QED) is 0.813. The molecule has 0 amide bonds. The highest BCUT2D eigenvalue weighted by Gasteiger charge is 2.29. The van der Waals surface area contributed by atoms with E-state index in [1.54, 1.807) is 12.1 Å². The van der Waals surface area contributed by atoms with Gasteiger partial charge in [-0.05, 0) is 17.7 Å². The molecule has 98 valence electrons. The molecule has 0 aliphatic carbocycles. The average molecular weight is 252 g/mol. The number of piperazine rings is 1. The molecule has 1 aromatic rings. The molecule has 1 aromatic carbocycles. The van der Waals surface area contributed by atoms with E-state index in [-0.39, 0.29) is 11.8 Å². The Kier molecular flexibility index (Phi) is 4.28. The van der Waals surface area contributed by atoms with Crippen molar-refractivity contribution in [2.24, 2.45) is 0 Å². The number of hydrogen-bond acceptors (Lipinski definition) is 4. The minimum Gasteiger partial charge on any atom is -0.468 e. The molecule has 0 radical (unpaired) electrons. The molecule has 1 N–H and O–H groups in total. The van der Waals surface area contributed by atoms with E-state index in [4.69, 9.17) is 4.74 Å². The highest BCUT2D eigenvalue weighted by atomic mass is 19.1. The standard InChI is InChI=1S/C13H17FN2O2/c1-18-13(17)12(16-8-6-15-7-9-16)10-2-4-11(14)5-3-10/h2-5,12,15H,6-9H2,1H3/t12-/m0/s1. The van der Waals surface area contributed by atoms with E-state index in [1.165, 1.54) is 19.2 Å². The molecule has 1 atom stereocenters. The molecule has 2 rings (SSSR count). The van der Waals surface area contributed by atoms with Crippen molar-refractivity contribution >= 4 is 5.97 Å². The van der Waals surface area contributed by atoms with Crippen molar-refractivity contribution in [1.82, 2.24) is 10.2 Å². The van der Waals surface area contributed by atoms with E-state index in [0.717, 1.165) is 31.7 Å². The van der Waals surface area contributed by atoms with Crippen molar-refractivity contribution in [2.75, 3.05) is 33.3 Å². The number of methoxy groups -OCH3 is 1. The summed E-state index contributed by atoms with van der Waals surface area (Å²) in [5.74, 6) is -0.605. The number of carbonyl (C=O) groups excluding carboxylic acids is 1. The molecule has 0 bridgehead atoms. The molecule has 1 aliphatic rings. The van der Waals surface area contributed by atoms with Crippen molar-refractivity contribution in [3.8, 4) is 0 Å². The average Bonchev–Trinajstić information content (AvgIpc) is 2.42. The Morgan fingerprint density at radius 2 is 1.94 bits per heavy atom. The smallest absolute Gasteiger partial charge is 0.327 e. The van der Waals surface area contributed by atoms with Crippen LogP contribution in [0.2, 0.25) is 0 Å². The van der Waals surface area contributed by atoms with Crippen LogP contribution in [-0.2, 0) is 9.53 Å². The van der Waals surface area contributed by atoms with E-state index in [1.807, 2.05) is 0 Å². The lowest BCUT2D eigenvalue weighted by molar-refractivity contribution is -0.147. The lowest BCUT2D eigenvalue weighted by Crippen LogP contribution is -2.47. The number of carbonyl (C=O) groups is 1. The Labute approximate surface area is 106 Å². The Balaban J connectivity index is 2.23. The number of halogens is 1. The molecular weight excluding hydrogens is 235 g/mol. The first kappa shape index (κ1) is 13.0. The second-order valence-electron chi connectivity index (χ2n) is 4.26. The number of hydrogen-bond donors (Lipinski definition) is 1. The first-order chi connectivity index (χ1) is 8.72. The minimum absolute atomic E-state index is 0.302. The van der Waals surface area contributed by atoms with Crippen LogP contribution in [0.5, 0.6) is 0 Å². The Morgan fingerprint density at radius 1 is 1.33 bits per heavy atom. The summed E-state index contributed by atoms with van der Waals surface area (Å²) in [6, 6.07) is 5.57. The molecule has 0 aromatic heterocycles. The summed E-state index contributed by atoms with van der Waals surface area (Å²) in [6.07, 6.45) is 0. The molecule has 5 heteroatoms. The summed E-state index contributed by atoms with van der Waals surface area (Å²) in [5, 5.41) is 3.23. The van der Waals surface area contributed by atoms with Gasteiger partial charge in [0.05, 0.1) is 7.11 Å². The Morgan fingerprint density at radius 3 is 2.50 bits per heavy atom. The molecule has 4 nitrogen and oxygen atoms in total. The summed E-state index contributed by atoms with van der Waals surface area (Å²) >= 11 is 0. The second-order valence-corrected chi connectivity index (χ2v) is 4.26. The Bertz CT molecular complexity index is 402. The van der Waals surface area contributed by atoms with Crippen LogP contribution in [0.1, 0.15) is 11.6 Å². The number of rotatable bonds is 3. The first-order valence-electron chi connectivity index (χ1n) is 6.00. The van der Waals surface area contributed by atoms with Gasteiger partial charge in [0, 0.05) is 26.2 Å². The number of nitrogens with one attached hydrogen (secondary N) is 1. The van der Waals surface area contributed by atoms with Crippen LogP contribution in [0.15, 0.2) is 24.3 Å². The largest absolute Gasteiger partial charge is 0.468 e. The predicted molar refractivity (Wildman–Crippen MR) is 65.6 cm³/mol. The van der Waals surface area contributed by atoms with Crippen LogP contribution in [0.3, 0.4) is 0 Å². The van der Waals surface area contributed by atoms with Crippen molar-refractivity contribution in [1.29, 1.82) is 0 Å². The number of nitrogens with zero attached hydrogens (tertiary/aromatic N) is 1. The molecule has 1 heterocycles. The van der Waals surface area contributed by atoms with Gasteiger partial charge in [-0.1, -0.05) is 12.1 Å². The van der Waals surface area contributed by atoms with Crippen molar-refractivity contribution in [3.05, 3.63) is 35.6 Å². The first-order valence-corrected chi connectivity index (χ1v) is 6.00. The summed E-state index contributed by atoms with van der Waals surface area (Å²) in [4.78, 5) is 14.0. The predicted octanol–water partition coefficient (Wildman–Crippen LogP) is 0.945. The van der Waals surface area contributed by atoms with Gasteiger partial charge in [-0.3, -0.25) is 4.90 Å². The van der Waals surface area contributed by atoms with Crippen LogP contribution >= 0.6 is 0 Å². The van der Waals surface area contributed by atoms with E-state index < -0.39 is 6.04 Å². The molecule has 1 fully saturated rings. The van der Waals surface area contributed by atoms with Gasteiger partial charge in [0.1, 0.15) is 11.9 Å². The maximum absolute atomic E-state index is 12.9. The fourth-order valence-electron chi connectivity index (χ4n) is 2.19. The zero-order valence-electron chi connectivity index (χ0n) is 10.4. The van der Waals surface area contributed by atoms with Gasteiger partial charge in [-0.25, -0.2) is 9.18 Å². The zero-order valence-corrected chi connectivity index (χ0v) is 10.4. The van der Waals surface area contributed by atoms with Crippen LogP contribution in [-0.4, -0.2) is 44.2 Å². The van der Waals surface area contributed by atoms with E-state index in [2.05, 4.69) is 10.2 Å². The van der Waals surface area contributed by atoms with Gasteiger partial charge in [-0.2, -0.15) is 0 Å². The maximum atomic E-state index is 12.9. The van der Waals surface area contributed by atoms with Crippen LogP contribution < -0.4 is 5.32 Å². The second kappa shape index (κ2) is 5.93. The van der Waals surface area contributed by atoms with Gasteiger partial charge < -0.3 is 10.1 Å². The van der Waals surface area contributed by atoms with Gasteiger partial charge in [0.2, 0.25) is 0 Å². The molecule has 0 unspecified atom stereocenters. The molecule has 0 spiro atoms. The van der Waals surface area contributed by atoms with Gasteiger partial charge >= 0.3 is 5.97 Å². The Hall–Kier alpha value is -1.46. The lowest BCUT2D eigenvalue weighted by atomic mass is 10.0. The lowest BCUT2D eigenvalue weighted by Gasteiger charge is -2.33. The van der Waals surface area contributed by atoms with Gasteiger partial charge in [0.15, 0.2) is 0 Å². The molecular formula is C13H17FN2O2. The SMILES string of the molecule is COC(=O)[C@H](c1ccc(F)cc1)N1CCNCC1. The normalized spacial score (nSPS) is 18.3. The number of benzene rings is 1. The summed E-state index contributed by atoms with van der Waals surface area (Å²) in [6.45, 7) is 3.23. The molecule has 0 saturated carbocycles. The summed E-state index contributed by atoms with van der Waals surface area (Å²) < 4.78 is 17.8. The van der Waals surface area contributed by atoms with Crippen LogP contribution in [0.4, 0.5) is 4.39 Å². The fourth-order valence-corrected chi connectivity index (χ4v) is 2.19. The topological polar surface area (TPSA) is 41.6 Å². The summed E-state index contributed by atoms with van der Waals surface area (Å²) in [5.41, 5.74) is 0.769. The van der Waals surface area contributed by atoms with Crippen molar-refractivity contribution < 1.29 is 13.9 Å². The number of ether oxygens (including phenoxy) is 1. The van der Waals surface area contributed by atoms with Crippen LogP contribution in [0, 0.1) is 5.82 Å². The molecule has 1 aliphatic heterocycles.